The van der Waals surface area contributed by atoms with E-state index in [1.165, 1.54) is 12.8 Å². The predicted octanol–water partition coefficient (Wildman–Crippen LogP) is 4.56. The largest absolute Gasteiger partial charge is 0.370 e. The Labute approximate surface area is 157 Å². The van der Waals surface area contributed by atoms with Crippen molar-refractivity contribution in [2.45, 2.75) is 19.4 Å². The molecule has 134 valence electrons. The number of nitrogens with zero attached hydrogens (tertiary/aromatic N) is 3. The van der Waals surface area contributed by atoms with Gasteiger partial charge in [-0.25, -0.2) is 9.78 Å². The lowest BCUT2D eigenvalue weighted by atomic mass is 10.2. The van der Waals surface area contributed by atoms with Crippen molar-refractivity contribution >= 4 is 39.0 Å². The van der Waals surface area contributed by atoms with Crippen LogP contribution in [-0.4, -0.2) is 36.1 Å². The molecule has 2 amide bonds. The minimum absolute atomic E-state index is 0.115. The first-order valence-corrected chi connectivity index (χ1v) is 9.73. The molecular formula is C20H22N4OS. The van der Waals surface area contributed by atoms with Crippen LogP contribution < -0.4 is 10.2 Å². The second-order valence-electron chi connectivity index (χ2n) is 6.57. The summed E-state index contributed by atoms with van der Waals surface area (Å²) < 4.78 is 1.15. The Kier molecular flexibility index (Phi) is 4.75. The van der Waals surface area contributed by atoms with Gasteiger partial charge in [0.1, 0.15) is 5.01 Å². The molecule has 1 N–H and O–H groups in total. The molecule has 0 atom stereocenters. The van der Waals surface area contributed by atoms with E-state index in [0.717, 1.165) is 39.7 Å². The summed E-state index contributed by atoms with van der Waals surface area (Å²) in [5.41, 5.74) is 2.96. The zero-order valence-electron chi connectivity index (χ0n) is 14.8. The number of carbonyl (C=O) groups is 1. The Morgan fingerprint density at radius 1 is 1.15 bits per heavy atom. The highest BCUT2D eigenvalue weighted by Gasteiger charge is 2.18. The summed E-state index contributed by atoms with van der Waals surface area (Å²) in [6, 6.07) is 16.0. The normalized spacial score (nSPS) is 14.0. The van der Waals surface area contributed by atoms with E-state index in [9.17, 15) is 4.79 Å². The first-order valence-electron chi connectivity index (χ1n) is 8.91. The number of benzene rings is 2. The number of urea groups is 1. The number of nitrogens with one attached hydrogen (secondary N) is 1. The van der Waals surface area contributed by atoms with E-state index in [1.807, 2.05) is 36.4 Å². The average Bonchev–Trinajstić information content (AvgIpc) is 3.31. The van der Waals surface area contributed by atoms with Crippen LogP contribution in [0.25, 0.3) is 10.2 Å². The number of hydrogen-bond donors (Lipinski definition) is 1. The summed E-state index contributed by atoms with van der Waals surface area (Å²) >= 11 is 1.63. The molecule has 1 fully saturated rings. The fraction of sp³-hybridized carbons (Fsp3) is 0.300. The van der Waals surface area contributed by atoms with Crippen LogP contribution in [0, 0.1) is 0 Å². The first kappa shape index (κ1) is 16.8. The maximum Gasteiger partial charge on any atom is 0.322 e. The Bertz CT molecular complexity index is 884. The second-order valence-corrected chi connectivity index (χ2v) is 7.69. The van der Waals surface area contributed by atoms with Gasteiger partial charge < -0.3 is 15.1 Å². The quantitative estimate of drug-likeness (QED) is 0.736. The molecule has 4 rings (SSSR count). The minimum atomic E-state index is -0.115. The molecule has 3 aromatic rings. The van der Waals surface area contributed by atoms with E-state index in [0.29, 0.717) is 6.54 Å². The van der Waals surface area contributed by atoms with E-state index < -0.39 is 0 Å². The van der Waals surface area contributed by atoms with E-state index >= 15 is 0 Å². The van der Waals surface area contributed by atoms with Crippen LogP contribution >= 0.6 is 11.3 Å². The Morgan fingerprint density at radius 2 is 1.88 bits per heavy atom. The van der Waals surface area contributed by atoms with Gasteiger partial charge in [0.15, 0.2) is 0 Å². The first-order chi connectivity index (χ1) is 12.7. The number of carbonyl (C=O) groups excluding carboxylic acids is 1. The van der Waals surface area contributed by atoms with Crippen LogP contribution in [0.15, 0.2) is 48.5 Å². The van der Waals surface area contributed by atoms with Gasteiger partial charge in [-0.3, -0.25) is 0 Å². The predicted molar refractivity (Wildman–Crippen MR) is 108 cm³/mol. The molecule has 2 aromatic carbocycles. The van der Waals surface area contributed by atoms with Gasteiger partial charge in [-0.2, -0.15) is 0 Å². The van der Waals surface area contributed by atoms with Gasteiger partial charge in [0.2, 0.25) is 0 Å². The molecule has 0 aliphatic carbocycles. The number of para-hydroxylation sites is 3. The zero-order valence-corrected chi connectivity index (χ0v) is 15.6. The molecule has 26 heavy (non-hydrogen) atoms. The van der Waals surface area contributed by atoms with Gasteiger partial charge in [0.25, 0.3) is 0 Å². The molecule has 0 radical (unpaired) electrons. The van der Waals surface area contributed by atoms with Crippen molar-refractivity contribution in [3.05, 3.63) is 53.5 Å². The summed E-state index contributed by atoms with van der Waals surface area (Å²) in [5, 5.41) is 4.00. The fourth-order valence-electron chi connectivity index (χ4n) is 3.29. The molecule has 0 bridgehead atoms. The lowest BCUT2D eigenvalue weighted by Gasteiger charge is -2.23. The molecule has 1 aliphatic heterocycles. The number of rotatable bonds is 4. The van der Waals surface area contributed by atoms with Crippen molar-refractivity contribution in [1.29, 1.82) is 0 Å². The SMILES string of the molecule is CN(Cc1nc2ccccc2s1)C(=O)Nc1ccccc1N1CCCC1. The third-order valence-corrected chi connectivity index (χ3v) is 5.67. The second kappa shape index (κ2) is 7.33. The molecule has 2 heterocycles. The third kappa shape index (κ3) is 3.51. The molecule has 1 aliphatic rings. The molecule has 1 saturated heterocycles. The highest BCUT2D eigenvalue weighted by atomic mass is 32.1. The minimum Gasteiger partial charge on any atom is -0.370 e. The average molecular weight is 366 g/mol. The number of fused-ring (bicyclic) bond motifs is 1. The lowest BCUT2D eigenvalue weighted by molar-refractivity contribution is 0.220. The Morgan fingerprint density at radius 3 is 2.69 bits per heavy atom. The van der Waals surface area contributed by atoms with Crippen molar-refractivity contribution in [3.8, 4) is 0 Å². The maximum absolute atomic E-state index is 12.7. The maximum atomic E-state index is 12.7. The van der Waals surface area contributed by atoms with Crippen LogP contribution in [0.2, 0.25) is 0 Å². The standard InChI is InChI=1S/C20H22N4OS/c1-23(14-19-21-16-9-3-5-11-18(16)26-19)20(25)22-15-8-2-4-10-17(15)24-12-6-7-13-24/h2-5,8-11H,6-7,12-14H2,1H3,(H,22,25). The Balaban J connectivity index is 1.46. The molecule has 0 saturated carbocycles. The lowest BCUT2D eigenvalue weighted by Crippen LogP contribution is -2.31. The van der Waals surface area contributed by atoms with Crippen LogP contribution in [0.5, 0.6) is 0 Å². The number of thiazole rings is 1. The number of aromatic nitrogens is 1. The van der Waals surface area contributed by atoms with E-state index in [1.54, 1.807) is 23.3 Å². The number of hydrogen-bond acceptors (Lipinski definition) is 4. The summed E-state index contributed by atoms with van der Waals surface area (Å²) in [6.07, 6.45) is 2.42. The third-order valence-electron chi connectivity index (χ3n) is 4.65. The Hall–Kier alpha value is -2.60. The monoisotopic (exact) mass is 366 g/mol. The van der Waals surface area contributed by atoms with Crippen molar-refractivity contribution in [2.24, 2.45) is 0 Å². The smallest absolute Gasteiger partial charge is 0.322 e. The molecular weight excluding hydrogens is 344 g/mol. The van der Waals surface area contributed by atoms with Crippen molar-refractivity contribution in [1.82, 2.24) is 9.88 Å². The van der Waals surface area contributed by atoms with Crippen LogP contribution in [0.1, 0.15) is 17.8 Å². The van der Waals surface area contributed by atoms with Gasteiger partial charge in [-0.05, 0) is 37.1 Å². The highest BCUT2D eigenvalue weighted by molar-refractivity contribution is 7.18. The summed E-state index contributed by atoms with van der Waals surface area (Å²) in [4.78, 5) is 21.3. The topological polar surface area (TPSA) is 48.5 Å². The van der Waals surface area contributed by atoms with E-state index in [4.69, 9.17) is 0 Å². The summed E-state index contributed by atoms with van der Waals surface area (Å²) in [6.45, 7) is 2.60. The van der Waals surface area contributed by atoms with Crippen LogP contribution in [0.3, 0.4) is 0 Å². The van der Waals surface area contributed by atoms with E-state index in [2.05, 4.69) is 27.3 Å². The molecule has 1 aromatic heterocycles. The number of amides is 2. The number of anilines is 2. The van der Waals surface area contributed by atoms with Gasteiger partial charge in [0, 0.05) is 20.1 Å². The highest BCUT2D eigenvalue weighted by Crippen LogP contribution is 2.29. The van der Waals surface area contributed by atoms with Crippen molar-refractivity contribution in [2.75, 3.05) is 30.4 Å². The summed E-state index contributed by atoms with van der Waals surface area (Å²) in [5.74, 6) is 0. The van der Waals surface area contributed by atoms with Crippen LogP contribution in [-0.2, 0) is 6.54 Å². The van der Waals surface area contributed by atoms with Crippen LogP contribution in [0.4, 0.5) is 16.2 Å². The summed E-state index contributed by atoms with van der Waals surface area (Å²) in [7, 11) is 1.81. The van der Waals surface area contributed by atoms with Gasteiger partial charge in [0.05, 0.1) is 28.1 Å². The molecule has 5 nitrogen and oxygen atoms in total. The molecule has 6 heteroatoms. The zero-order chi connectivity index (χ0) is 17.9. The molecule has 0 unspecified atom stereocenters. The van der Waals surface area contributed by atoms with Crippen molar-refractivity contribution < 1.29 is 4.79 Å². The van der Waals surface area contributed by atoms with Gasteiger partial charge >= 0.3 is 6.03 Å². The van der Waals surface area contributed by atoms with E-state index in [-0.39, 0.29) is 6.03 Å². The van der Waals surface area contributed by atoms with Gasteiger partial charge in [-0.15, -0.1) is 11.3 Å². The molecule has 0 spiro atoms. The van der Waals surface area contributed by atoms with Gasteiger partial charge in [-0.1, -0.05) is 24.3 Å². The van der Waals surface area contributed by atoms with Crippen molar-refractivity contribution in [3.63, 3.8) is 0 Å². The fourth-order valence-corrected chi connectivity index (χ4v) is 4.31.